The van der Waals surface area contributed by atoms with Crippen LogP contribution in [0.25, 0.3) is 0 Å². The van der Waals surface area contributed by atoms with Crippen LogP contribution in [-0.2, 0) is 12.8 Å². The molecule has 1 atom stereocenters. The Morgan fingerprint density at radius 3 is 2.86 bits per heavy atom. The summed E-state index contributed by atoms with van der Waals surface area (Å²) in [6.45, 7) is 3.24. The summed E-state index contributed by atoms with van der Waals surface area (Å²) in [4.78, 5) is 0. The first-order chi connectivity index (χ1) is 10.3. The van der Waals surface area contributed by atoms with Crippen molar-refractivity contribution in [1.29, 1.82) is 0 Å². The van der Waals surface area contributed by atoms with Gasteiger partial charge in [-0.05, 0) is 55.6 Å². The minimum Gasteiger partial charge on any atom is -0.497 e. The van der Waals surface area contributed by atoms with Gasteiger partial charge in [0.2, 0.25) is 0 Å². The van der Waals surface area contributed by atoms with Gasteiger partial charge in [0.15, 0.2) is 0 Å². The molecule has 114 valence electrons. The van der Waals surface area contributed by atoms with Crippen molar-refractivity contribution in [1.82, 2.24) is 5.32 Å². The number of ether oxygens (including phenoxy) is 1. The first-order valence-corrected chi connectivity index (χ1v) is 7.70. The molecule has 0 aliphatic heterocycles. The maximum Gasteiger partial charge on any atom is 0.119 e. The van der Waals surface area contributed by atoms with E-state index in [-0.39, 0.29) is 0 Å². The van der Waals surface area contributed by atoms with Gasteiger partial charge in [0.25, 0.3) is 0 Å². The highest BCUT2D eigenvalue weighted by Gasteiger charge is 2.10. The van der Waals surface area contributed by atoms with E-state index < -0.39 is 0 Å². The molecule has 0 bridgehead atoms. The molecule has 0 aliphatic carbocycles. The molecule has 1 N–H and O–H groups in total. The fraction of sp³-hybridized carbons (Fsp3) is 0.444. The monoisotopic (exact) mass is 287 g/mol. The normalized spacial score (nSPS) is 12.3. The van der Waals surface area contributed by atoms with E-state index >= 15 is 0 Å². The van der Waals surface area contributed by atoms with E-state index in [1.807, 2.05) is 18.2 Å². The summed E-state index contributed by atoms with van der Waals surface area (Å²) in [7, 11) is 1.71. The van der Waals surface area contributed by atoms with Gasteiger partial charge in [-0.25, -0.2) is 0 Å². The van der Waals surface area contributed by atoms with Gasteiger partial charge in [-0.3, -0.25) is 0 Å². The number of hydrogen-bond donors (Lipinski definition) is 1. The molecule has 0 saturated carbocycles. The van der Waals surface area contributed by atoms with Gasteiger partial charge < -0.3 is 14.5 Å². The summed E-state index contributed by atoms with van der Waals surface area (Å²) in [5, 5.41) is 3.64. The van der Waals surface area contributed by atoms with Crippen LogP contribution in [0, 0.1) is 0 Å². The largest absolute Gasteiger partial charge is 0.497 e. The zero-order valence-electron chi connectivity index (χ0n) is 13.0. The van der Waals surface area contributed by atoms with Crippen molar-refractivity contribution in [3.05, 3.63) is 54.0 Å². The van der Waals surface area contributed by atoms with E-state index in [2.05, 4.69) is 30.4 Å². The lowest BCUT2D eigenvalue weighted by Gasteiger charge is -2.18. The molecule has 0 aliphatic rings. The summed E-state index contributed by atoms with van der Waals surface area (Å²) in [6, 6.07) is 12.8. The van der Waals surface area contributed by atoms with Crippen molar-refractivity contribution in [2.75, 3.05) is 13.7 Å². The molecule has 0 saturated heterocycles. The molecule has 1 aromatic heterocycles. The van der Waals surface area contributed by atoms with Crippen LogP contribution in [-0.4, -0.2) is 19.7 Å². The van der Waals surface area contributed by atoms with Crippen LogP contribution in [0.2, 0.25) is 0 Å². The van der Waals surface area contributed by atoms with Crippen molar-refractivity contribution in [3.8, 4) is 5.75 Å². The van der Waals surface area contributed by atoms with Gasteiger partial charge in [0.05, 0.1) is 13.4 Å². The number of hydrogen-bond acceptors (Lipinski definition) is 3. The van der Waals surface area contributed by atoms with E-state index in [0.717, 1.165) is 43.7 Å². The molecule has 0 amide bonds. The fourth-order valence-electron chi connectivity index (χ4n) is 2.48. The molecule has 0 radical (unpaired) electrons. The Morgan fingerprint density at radius 1 is 1.24 bits per heavy atom. The van der Waals surface area contributed by atoms with Crippen molar-refractivity contribution in [2.24, 2.45) is 0 Å². The van der Waals surface area contributed by atoms with E-state index in [0.29, 0.717) is 6.04 Å². The van der Waals surface area contributed by atoms with Gasteiger partial charge >= 0.3 is 0 Å². The van der Waals surface area contributed by atoms with Crippen molar-refractivity contribution >= 4 is 0 Å². The average Bonchev–Trinajstić information content (AvgIpc) is 3.03. The predicted octanol–water partition coefficient (Wildman–Crippen LogP) is 3.83. The molecule has 0 spiro atoms. The Morgan fingerprint density at radius 2 is 2.14 bits per heavy atom. The molecular formula is C18H25NO2. The summed E-state index contributed by atoms with van der Waals surface area (Å²) in [6.07, 6.45) is 5.95. The fourth-order valence-corrected chi connectivity index (χ4v) is 2.48. The van der Waals surface area contributed by atoms with Gasteiger partial charge in [0, 0.05) is 12.5 Å². The van der Waals surface area contributed by atoms with E-state index in [1.165, 1.54) is 5.56 Å². The van der Waals surface area contributed by atoms with Crippen molar-refractivity contribution < 1.29 is 9.15 Å². The lowest BCUT2D eigenvalue weighted by molar-refractivity contribution is 0.412. The standard InChI is InChI=1S/C18H25NO2/c1-3-11-19-16(9-10-17-8-5-12-21-17)13-15-6-4-7-18(14-15)20-2/h4-8,12,14,16,19H,3,9-11,13H2,1-2H3. The van der Waals surface area contributed by atoms with Gasteiger partial charge in [-0.1, -0.05) is 19.1 Å². The SMILES string of the molecule is CCCNC(CCc1ccco1)Cc1cccc(OC)c1. The van der Waals surface area contributed by atoms with Crippen LogP contribution in [0.5, 0.6) is 5.75 Å². The molecule has 2 rings (SSSR count). The first kappa shape index (κ1) is 15.6. The molecular weight excluding hydrogens is 262 g/mol. The topological polar surface area (TPSA) is 34.4 Å². The summed E-state index contributed by atoms with van der Waals surface area (Å²) < 4.78 is 10.7. The smallest absolute Gasteiger partial charge is 0.119 e. The van der Waals surface area contributed by atoms with Gasteiger partial charge in [-0.2, -0.15) is 0 Å². The van der Waals surface area contributed by atoms with Crippen LogP contribution in [0.15, 0.2) is 47.1 Å². The summed E-state index contributed by atoms with van der Waals surface area (Å²) in [5.41, 5.74) is 1.31. The van der Waals surface area contributed by atoms with Crippen LogP contribution in [0.3, 0.4) is 0 Å². The maximum atomic E-state index is 5.43. The van der Waals surface area contributed by atoms with Gasteiger partial charge in [0.1, 0.15) is 11.5 Å². The zero-order valence-corrected chi connectivity index (χ0v) is 13.0. The molecule has 21 heavy (non-hydrogen) atoms. The lowest BCUT2D eigenvalue weighted by Crippen LogP contribution is -2.32. The minimum atomic E-state index is 0.460. The molecule has 1 unspecified atom stereocenters. The molecule has 0 fully saturated rings. The van der Waals surface area contributed by atoms with Crippen LogP contribution in [0.1, 0.15) is 31.1 Å². The molecule has 1 heterocycles. The second kappa shape index (κ2) is 8.53. The predicted molar refractivity (Wildman–Crippen MR) is 85.8 cm³/mol. The number of benzene rings is 1. The van der Waals surface area contributed by atoms with E-state index in [1.54, 1.807) is 13.4 Å². The highest BCUT2D eigenvalue weighted by Crippen LogP contribution is 2.16. The third kappa shape index (κ3) is 5.27. The average molecular weight is 287 g/mol. The molecule has 3 heteroatoms. The second-order valence-corrected chi connectivity index (χ2v) is 5.32. The quantitative estimate of drug-likeness (QED) is 0.761. The molecule has 2 aromatic rings. The molecule has 1 aromatic carbocycles. The lowest BCUT2D eigenvalue weighted by atomic mass is 10.0. The third-order valence-corrected chi connectivity index (χ3v) is 3.62. The number of nitrogens with one attached hydrogen (secondary N) is 1. The van der Waals surface area contributed by atoms with Crippen LogP contribution in [0.4, 0.5) is 0 Å². The van der Waals surface area contributed by atoms with Crippen molar-refractivity contribution in [3.63, 3.8) is 0 Å². The Bertz CT molecular complexity index is 508. The Labute approximate surface area is 127 Å². The summed E-state index contributed by atoms with van der Waals surface area (Å²) >= 11 is 0. The van der Waals surface area contributed by atoms with Crippen molar-refractivity contribution in [2.45, 2.75) is 38.6 Å². The number of methoxy groups -OCH3 is 1. The number of rotatable bonds is 9. The van der Waals surface area contributed by atoms with Crippen LogP contribution >= 0.6 is 0 Å². The second-order valence-electron chi connectivity index (χ2n) is 5.32. The van der Waals surface area contributed by atoms with Crippen LogP contribution < -0.4 is 10.1 Å². The van der Waals surface area contributed by atoms with Gasteiger partial charge in [-0.15, -0.1) is 0 Å². The highest BCUT2D eigenvalue weighted by atomic mass is 16.5. The maximum absolute atomic E-state index is 5.43. The Balaban J connectivity index is 1.94. The van der Waals surface area contributed by atoms with E-state index in [4.69, 9.17) is 9.15 Å². The number of furan rings is 1. The summed E-state index contributed by atoms with van der Waals surface area (Å²) in [5.74, 6) is 1.98. The third-order valence-electron chi connectivity index (χ3n) is 3.62. The minimum absolute atomic E-state index is 0.460. The first-order valence-electron chi connectivity index (χ1n) is 7.70. The number of aryl methyl sites for hydroxylation is 1. The van der Waals surface area contributed by atoms with E-state index in [9.17, 15) is 0 Å². The Kier molecular flexibility index (Phi) is 6.35. The highest BCUT2D eigenvalue weighted by molar-refractivity contribution is 5.29. The molecule has 3 nitrogen and oxygen atoms in total. The Hall–Kier alpha value is -1.74. The zero-order chi connectivity index (χ0) is 14.9.